The Kier molecular flexibility index (Phi) is 5.19. The van der Waals surface area contributed by atoms with E-state index in [1.54, 1.807) is 18.7 Å². The van der Waals surface area contributed by atoms with Gasteiger partial charge >= 0.3 is 0 Å². The van der Waals surface area contributed by atoms with Gasteiger partial charge in [0, 0.05) is 35.5 Å². The average Bonchev–Trinajstić information content (AvgIpc) is 3.18. The van der Waals surface area contributed by atoms with Gasteiger partial charge in [0.05, 0.1) is 12.2 Å². The van der Waals surface area contributed by atoms with Crippen molar-refractivity contribution in [1.82, 2.24) is 0 Å². The summed E-state index contributed by atoms with van der Waals surface area (Å²) in [5, 5.41) is 11.4. The predicted octanol–water partition coefficient (Wildman–Crippen LogP) is 4.82. The van der Waals surface area contributed by atoms with Crippen LogP contribution in [0, 0.1) is 28.6 Å². The molecule has 5 aliphatic rings. The number of carbonyl (C=O) groups excluding carboxylic acids is 1. The van der Waals surface area contributed by atoms with Gasteiger partial charge in [-0.1, -0.05) is 27.2 Å². The van der Waals surface area contributed by atoms with Crippen molar-refractivity contribution in [1.29, 1.82) is 0 Å². The Bertz CT molecular complexity index is 768. The van der Waals surface area contributed by atoms with Gasteiger partial charge < -0.3 is 14.6 Å². The van der Waals surface area contributed by atoms with Crippen molar-refractivity contribution in [3.05, 3.63) is 0 Å². The van der Waals surface area contributed by atoms with E-state index in [0.29, 0.717) is 12.8 Å². The molecule has 0 spiro atoms. The summed E-state index contributed by atoms with van der Waals surface area (Å²) in [4.78, 5) is 11.4. The summed E-state index contributed by atoms with van der Waals surface area (Å²) in [6, 6.07) is 0. The molecule has 5 rings (SSSR count). The highest BCUT2D eigenvalue weighted by molar-refractivity contribution is 7.99. The van der Waals surface area contributed by atoms with Gasteiger partial charge in [-0.3, -0.25) is 4.79 Å². The molecule has 0 bridgehead atoms. The highest BCUT2D eigenvalue weighted by Crippen LogP contribution is 2.74. The molecule has 1 saturated heterocycles. The van der Waals surface area contributed by atoms with Crippen LogP contribution in [-0.2, 0) is 14.3 Å². The lowest BCUT2D eigenvalue weighted by molar-refractivity contribution is -0.265. The van der Waals surface area contributed by atoms with Crippen LogP contribution in [-0.4, -0.2) is 52.4 Å². The van der Waals surface area contributed by atoms with Crippen molar-refractivity contribution < 1.29 is 28.2 Å². The second-order valence-electron chi connectivity index (χ2n) is 11.2. The Hall–Kier alpha value is -0.240. The summed E-state index contributed by atoms with van der Waals surface area (Å²) in [6.07, 6.45) is 2.52. The molecule has 11 atom stereocenters. The number of hydrogen-bond acceptors (Lipinski definition) is 5. The second kappa shape index (κ2) is 7.13. The Balaban J connectivity index is 1.55. The lowest BCUT2D eigenvalue weighted by atomic mass is 9.42. The van der Waals surface area contributed by atoms with Crippen LogP contribution < -0.4 is 0 Å². The molecule has 2 unspecified atom stereocenters. The van der Waals surface area contributed by atoms with Crippen molar-refractivity contribution in [2.45, 2.75) is 107 Å². The van der Waals surface area contributed by atoms with Gasteiger partial charge in [0.15, 0.2) is 6.29 Å². The molecule has 4 nitrogen and oxygen atoms in total. The minimum atomic E-state index is -1.90. The van der Waals surface area contributed by atoms with Gasteiger partial charge in [0.2, 0.25) is 0 Å². The molecule has 1 aliphatic heterocycles. The Morgan fingerprint density at radius 1 is 1.19 bits per heavy atom. The summed E-state index contributed by atoms with van der Waals surface area (Å²) >= 11 is 1.61. The van der Waals surface area contributed by atoms with Gasteiger partial charge in [-0.25, -0.2) is 8.78 Å². The summed E-state index contributed by atoms with van der Waals surface area (Å²) in [6.45, 7) is 5.98. The molecule has 4 aliphatic carbocycles. The third kappa shape index (κ3) is 2.61. The molecule has 1 N–H and O–H groups in total. The number of aliphatic hydroxyl groups is 1. The van der Waals surface area contributed by atoms with Crippen LogP contribution in [0.2, 0.25) is 0 Å². The number of ether oxygens (including phenoxy) is 2. The fourth-order valence-corrected chi connectivity index (χ4v) is 9.83. The topological polar surface area (TPSA) is 55.8 Å². The fourth-order valence-electron chi connectivity index (χ4n) is 8.51. The standard InChI is InChI=1S/C24H36F2O4S/c1-5-6-20-29-19-11-14-15-10-17(25)16-9-13(27)7-8-21(16,2)23(15,26)18(28)12-22(14,3)24(19,30-20)31-4/h14-20,28H,5-12H2,1-4H3/t14-,15-,16?,17-,18-,19+,20?,21-,22-,23-,24-/m0/s1. The van der Waals surface area contributed by atoms with Gasteiger partial charge in [-0.05, 0) is 44.3 Å². The number of aliphatic hydroxyl groups excluding tert-OH is 1. The van der Waals surface area contributed by atoms with Crippen LogP contribution in [0.4, 0.5) is 8.78 Å². The maximum atomic E-state index is 17.2. The molecule has 0 amide bonds. The van der Waals surface area contributed by atoms with Crippen molar-refractivity contribution in [2.75, 3.05) is 6.26 Å². The van der Waals surface area contributed by atoms with Crippen LogP contribution in [0.3, 0.4) is 0 Å². The number of rotatable bonds is 3. The fraction of sp³-hybridized carbons (Fsp3) is 0.958. The minimum Gasteiger partial charge on any atom is -0.390 e. The quantitative estimate of drug-likeness (QED) is 0.657. The van der Waals surface area contributed by atoms with E-state index in [4.69, 9.17) is 9.47 Å². The molecule has 7 heteroatoms. The molecule has 0 radical (unpaired) electrons. The first kappa shape index (κ1) is 22.5. The average molecular weight is 459 g/mol. The van der Waals surface area contributed by atoms with Crippen LogP contribution >= 0.6 is 11.8 Å². The maximum absolute atomic E-state index is 17.2. The highest BCUT2D eigenvalue weighted by Gasteiger charge is 2.79. The van der Waals surface area contributed by atoms with E-state index in [1.807, 2.05) is 6.26 Å². The molecule has 1 heterocycles. The number of fused-ring (bicyclic) bond motifs is 7. The Labute approximate surface area is 188 Å². The van der Waals surface area contributed by atoms with Gasteiger partial charge in [-0.15, -0.1) is 11.8 Å². The normalized spacial score (nSPS) is 58.4. The molecular formula is C24H36F2O4S. The van der Waals surface area contributed by atoms with Crippen LogP contribution in [0.15, 0.2) is 0 Å². The number of ketones is 1. The van der Waals surface area contributed by atoms with E-state index in [1.165, 1.54) is 0 Å². The van der Waals surface area contributed by atoms with E-state index in [9.17, 15) is 9.90 Å². The van der Waals surface area contributed by atoms with E-state index in [2.05, 4.69) is 13.8 Å². The van der Waals surface area contributed by atoms with Gasteiger partial charge in [0.1, 0.15) is 22.6 Å². The SMILES string of the molecule is CCCC1O[C@@H]2C[C@H]3[C@@H]4C[C@H](F)C5CC(=O)CC[C@]5(C)[C@@]4(F)[C@@H](O)C[C@]3(C)[C@]2(SC)O1. The van der Waals surface area contributed by atoms with E-state index in [-0.39, 0.29) is 49.8 Å². The van der Waals surface area contributed by atoms with Gasteiger partial charge in [-0.2, -0.15) is 0 Å². The zero-order chi connectivity index (χ0) is 22.4. The molecule has 0 aromatic rings. The number of halogens is 2. The summed E-state index contributed by atoms with van der Waals surface area (Å²) in [7, 11) is 0. The van der Waals surface area contributed by atoms with Crippen LogP contribution in [0.25, 0.3) is 0 Å². The zero-order valence-electron chi connectivity index (χ0n) is 19.0. The Morgan fingerprint density at radius 3 is 2.61 bits per heavy atom. The van der Waals surface area contributed by atoms with E-state index in [0.717, 1.165) is 12.8 Å². The Morgan fingerprint density at radius 2 is 1.94 bits per heavy atom. The summed E-state index contributed by atoms with van der Waals surface area (Å²) in [5.41, 5.74) is -3.43. The maximum Gasteiger partial charge on any atom is 0.160 e. The lowest BCUT2D eigenvalue weighted by Gasteiger charge is -2.65. The van der Waals surface area contributed by atoms with Crippen molar-refractivity contribution in [2.24, 2.45) is 28.6 Å². The van der Waals surface area contributed by atoms with Crippen molar-refractivity contribution >= 4 is 17.5 Å². The number of thioether (sulfide) groups is 1. The third-order valence-electron chi connectivity index (χ3n) is 10.1. The highest BCUT2D eigenvalue weighted by atomic mass is 32.2. The lowest BCUT2D eigenvalue weighted by Crippen LogP contribution is -2.72. The van der Waals surface area contributed by atoms with E-state index >= 15 is 8.78 Å². The zero-order valence-corrected chi connectivity index (χ0v) is 19.9. The minimum absolute atomic E-state index is 0.0165. The number of alkyl halides is 2. The molecule has 176 valence electrons. The number of carbonyl (C=O) groups is 1. The van der Waals surface area contributed by atoms with Crippen molar-refractivity contribution in [3.63, 3.8) is 0 Å². The monoisotopic (exact) mass is 458 g/mol. The molecule has 0 aromatic heterocycles. The molecule has 5 fully saturated rings. The second-order valence-corrected chi connectivity index (χ2v) is 12.2. The molecule has 31 heavy (non-hydrogen) atoms. The summed E-state index contributed by atoms with van der Waals surface area (Å²) < 4.78 is 45.6. The van der Waals surface area contributed by atoms with Crippen molar-refractivity contribution in [3.8, 4) is 0 Å². The third-order valence-corrected chi connectivity index (χ3v) is 11.5. The molecule has 4 saturated carbocycles. The largest absolute Gasteiger partial charge is 0.390 e. The first-order valence-corrected chi connectivity index (χ1v) is 13.2. The summed E-state index contributed by atoms with van der Waals surface area (Å²) in [5.74, 6) is -1.36. The smallest absolute Gasteiger partial charge is 0.160 e. The number of hydrogen-bond donors (Lipinski definition) is 1. The number of Topliss-reactive ketones (excluding diaryl/α,β-unsaturated/α-hetero) is 1. The van der Waals surface area contributed by atoms with Crippen LogP contribution in [0.5, 0.6) is 0 Å². The first-order chi connectivity index (χ1) is 14.6. The predicted molar refractivity (Wildman–Crippen MR) is 115 cm³/mol. The van der Waals surface area contributed by atoms with Gasteiger partial charge in [0.25, 0.3) is 0 Å². The van der Waals surface area contributed by atoms with E-state index < -0.39 is 45.5 Å². The van der Waals surface area contributed by atoms with Crippen LogP contribution in [0.1, 0.15) is 72.1 Å². The first-order valence-electron chi connectivity index (χ1n) is 12.0. The molecular weight excluding hydrogens is 422 g/mol. The molecule has 0 aromatic carbocycles.